The van der Waals surface area contributed by atoms with Crippen molar-refractivity contribution in [2.75, 3.05) is 13.7 Å². The summed E-state index contributed by atoms with van der Waals surface area (Å²) in [5.41, 5.74) is 6.04. The number of phenols is 1. The van der Waals surface area contributed by atoms with Gasteiger partial charge >= 0.3 is 0 Å². The Morgan fingerprint density at radius 2 is 2.23 bits per heavy atom. The molecule has 0 aliphatic heterocycles. The van der Waals surface area contributed by atoms with Crippen molar-refractivity contribution in [1.82, 2.24) is 0 Å². The smallest absolute Gasteiger partial charge is 0.120 e. The van der Waals surface area contributed by atoms with Gasteiger partial charge in [-0.15, -0.1) is 0 Å². The minimum Gasteiger partial charge on any atom is -0.508 e. The predicted octanol–water partition coefficient (Wildman–Crippen LogP) is 0.393. The quantitative estimate of drug-likeness (QED) is 0.633. The lowest BCUT2D eigenvalue weighted by Gasteiger charge is -2.11. The molecule has 1 atom stereocenters. The first-order valence-electron chi connectivity index (χ1n) is 3.92. The van der Waals surface area contributed by atoms with E-state index in [9.17, 15) is 5.11 Å². The average molecular weight is 183 g/mol. The van der Waals surface area contributed by atoms with Crippen molar-refractivity contribution in [3.05, 3.63) is 23.8 Å². The van der Waals surface area contributed by atoms with Crippen LogP contribution in [0.15, 0.2) is 18.2 Å². The molecular weight excluding hydrogens is 170 g/mol. The van der Waals surface area contributed by atoms with Crippen LogP contribution in [0.1, 0.15) is 11.6 Å². The minimum atomic E-state index is -0.574. The zero-order chi connectivity index (χ0) is 9.84. The standard InChI is InChI=1S/C9H13NO3/c1-13-6-2-3-9(12)7(4-6)8(10)5-11/h2-4,8,11-12H,5,10H2,1H3/t8-/m1/s1. The molecule has 72 valence electrons. The Hall–Kier alpha value is -1.26. The molecule has 4 heteroatoms. The van der Waals surface area contributed by atoms with E-state index in [2.05, 4.69) is 0 Å². The van der Waals surface area contributed by atoms with Crippen molar-refractivity contribution in [2.45, 2.75) is 6.04 Å². The molecule has 0 radical (unpaired) electrons. The Labute approximate surface area is 76.6 Å². The Kier molecular flexibility index (Phi) is 3.11. The number of phenolic OH excluding ortho intramolecular Hbond substituents is 1. The molecule has 0 bridgehead atoms. The van der Waals surface area contributed by atoms with Gasteiger partial charge in [0.2, 0.25) is 0 Å². The number of ether oxygens (including phenoxy) is 1. The monoisotopic (exact) mass is 183 g/mol. The van der Waals surface area contributed by atoms with Crippen LogP contribution in [0.3, 0.4) is 0 Å². The van der Waals surface area contributed by atoms with Crippen LogP contribution in [0.4, 0.5) is 0 Å². The van der Waals surface area contributed by atoms with Gasteiger partial charge in [-0.2, -0.15) is 0 Å². The maximum absolute atomic E-state index is 9.39. The van der Waals surface area contributed by atoms with Gasteiger partial charge in [-0.25, -0.2) is 0 Å². The largest absolute Gasteiger partial charge is 0.508 e. The molecule has 4 N–H and O–H groups in total. The first kappa shape index (κ1) is 9.83. The molecule has 0 saturated heterocycles. The third kappa shape index (κ3) is 2.11. The summed E-state index contributed by atoms with van der Waals surface area (Å²) in [5, 5.41) is 18.2. The van der Waals surface area contributed by atoms with Crippen molar-refractivity contribution in [3.63, 3.8) is 0 Å². The number of rotatable bonds is 3. The predicted molar refractivity (Wildman–Crippen MR) is 48.7 cm³/mol. The molecule has 13 heavy (non-hydrogen) atoms. The maximum atomic E-state index is 9.39. The van der Waals surface area contributed by atoms with Crippen LogP contribution in [-0.4, -0.2) is 23.9 Å². The van der Waals surface area contributed by atoms with Gasteiger partial charge in [-0.05, 0) is 18.2 Å². The summed E-state index contributed by atoms with van der Waals surface area (Å²) in [7, 11) is 1.53. The average Bonchev–Trinajstić information content (AvgIpc) is 2.17. The minimum absolute atomic E-state index is 0.0716. The molecule has 1 aromatic rings. The molecular formula is C9H13NO3. The van der Waals surface area contributed by atoms with E-state index in [0.717, 1.165) is 0 Å². The molecule has 4 nitrogen and oxygen atoms in total. The highest BCUT2D eigenvalue weighted by molar-refractivity contribution is 5.41. The molecule has 0 heterocycles. The normalized spacial score (nSPS) is 12.5. The lowest BCUT2D eigenvalue weighted by molar-refractivity contribution is 0.265. The summed E-state index contributed by atoms with van der Waals surface area (Å²) in [6.07, 6.45) is 0. The SMILES string of the molecule is COc1ccc(O)c([C@H](N)CO)c1. The van der Waals surface area contributed by atoms with E-state index in [1.54, 1.807) is 12.1 Å². The number of hydrogen-bond acceptors (Lipinski definition) is 4. The van der Waals surface area contributed by atoms with Crippen LogP contribution in [0.2, 0.25) is 0 Å². The highest BCUT2D eigenvalue weighted by atomic mass is 16.5. The highest BCUT2D eigenvalue weighted by Gasteiger charge is 2.10. The summed E-state index contributed by atoms with van der Waals surface area (Å²) < 4.78 is 4.96. The van der Waals surface area contributed by atoms with Gasteiger partial charge in [0.05, 0.1) is 19.8 Å². The number of aliphatic hydroxyl groups is 1. The third-order valence-corrected chi connectivity index (χ3v) is 1.83. The van der Waals surface area contributed by atoms with Crippen molar-refractivity contribution in [1.29, 1.82) is 0 Å². The number of nitrogens with two attached hydrogens (primary N) is 1. The number of methoxy groups -OCH3 is 1. The van der Waals surface area contributed by atoms with Crippen LogP contribution in [0.5, 0.6) is 11.5 Å². The number of aliphatic hydroxyl groups excluding tert-OH is 1. The van der Waals surface area contributed by atoms with Crippen LogP contribution in [-0.2, 0) is 0 Å². The lowest BCUT2D eigenvalue weighted by atomic mass is 10.1. The fourth-order valence-corrected chi connectivity index (χ4v) is 1.05. The van der Waals surface area contributed by atoms with E-state index >= 15 is 0 Å². The number of aromatic hydroxyl groups is 1. The van der Waals surface area contributed by atoms with Crippen molar-refractivity contribution in [2.24, 2.45) is 5.73 Å². The zero-order valence-corrected chi connectivity index (χ0v) is 7.40. The second-order valence-electron chi connectivity index (χ2n) is 2.71. The van der Waals surface area contributed by atoms with E-state index < -0.39 is 6.04 Å². The van der Waals surface area contributed by atoms with Gasteiger partial charge in [0.25, 0.3) is 0 Å². The van der Waals surface area contributed by atoms with Gasteiger partial charge in [0.1, 0.15) is 11.5 Å². The molecule has 0 aliphatic rings. The van der Waals surface area contributed by atoms with Crippen LogP contribution >= 0.6 is 0 Å². The Morgan fingerprint density at radius 3 is 2.77 bits per heavy atom. The van der Waals surface area contributed by atoms with Crippen LogP contribution in [0, 0.1) is 0 Å². The topological polar surface area (TPSA) is 75.7 Å². The van der Waals surface area contributed by atoms with Gasteiger partial charge in [0, 0.05) is 5.56 Å². The van der Waals surface area contributed by atoms with E-state index in [1.165, 1.54) is 13.2 Å². The summed E-state index contributed by atoms with van der Waals surface area (Å²) in [5.74, 6) is 0.680. The van der Waals surface area contributed by atoms with Gasteiger partial charge in [-0.1, -0.05) is 0 Å². The summed E-state index contributed by atoms with van der Waals surface area (Å²) >= 11 is 0. The van der Waals surface area contributed by atoms with Gasteiger partial charge < -0.3 is 20.7 Å². The first-order chi connectivity index (χ1) is 6.19. The second-order valence-corrected chi connectivity index (χ2v) is 2.71. The fraction of sp³-hybridized carbons (Fsp3) is 0.333. The molecule has 0 spiro atoms. The molecule has 0 unspecified atom stereocenters. The molecule has 0 saturated carbocycles. The molecule has 0 aromatic heterocycles. The Balaban J connectivity index is 3.03. The fourth-order valence-electron chi connectivity index (χ4n) is 1.05. The molecule has 0 amide bonds. The molecule has 1 aromatic carbocycles. The van der Waals surface area contributed by atoms with E-state index in [0.29, 0.717) is 11.3 Å². The summed E-state index contributed by atoms with van der Waals surface area (Å²) in [6, 6.07) is 4.15. The number of hydrogen-bond donors (Lipinski definition) is 3. The first-order valence-corrected chi connectivity index (χ1v) is 3.92. The Morgan fingerprint density at radius 1 is 1.54 bits per heavy atom. The maximum Gasteiger partial charge on any atom is 0.120 e. The van der Waals surface area contributed by atoms with Gasteiger partial charge in [0.15, 0.2) is 0 Å². The second kappa shape index (κ2) is 4.11. The Bertz CT molecular complexity index is 288. The summed E-state index contributed by atoms with van der Waals surface area (Å²) in [6.45, 7) is -0.208. The van der Waals surface area contributed by atoms with E-state index in [1.807, 2.05) is 0 Å². The number of benzene rings is 1. The van der Waals surface area contributed by atoms with E-state index in [4.69, 9.17) is 15.6 Å². The lowest BCUT2D eigenvalue weighted by Crippen LogP contribution is -2.14. The molecule has 0 fully saturated rings. The van der Waals surface area contributed by atoms with Crippen molar-refractivity contribution >= 4 is 0 Å². The summed E-state index contributed by atoms with van der Waals surface area (Å²) in [4.78, 5) is 0. The highest BCUT2D eigenvalue weighted by Crippen LogP contribution is 2.26. The molecule has 1 rings (SSSR count). The van der Waals surface area contributed by atoms with Gasteiger partial charge in [-0.3, -0.25) is 0 Å². The van der Waals surface area contributed by atoms with Crippen LogP contribution < -0.4 is 10.5 Å². The molecule has 0 aliphatic carbocycles. The van der Waals surface area contributed by atoms with Crippen molar-refractivity contribution < 1.29 is 14.9 Å². The van der Waals surface area contributed by atoms with Crippen molar-refractivity contribution in [3.8, 4) is 11.5 Å². The zero-order valence-electron chi connectivity index (χ0n) is 7.40. The third-order valence-electron chi connectivity index (χ3n) is 1.83. The van der Waals surface area contributed by atoms with E-state index in [-0.39, 0.29) is 12.4 Å². The van der Waals surface area contributed by atoms with Crippen LogP contribution in [0.25, 0.3) is 0 Å².